The van der Waals surface area contributed by atoms with Gasteiger partial charge in [0, 0.05) is 30.9 Å². The molecule has 1 aliphatic heterocycles. The van der Waals surface area contributed by atoms with E-state index in [4.69, 9.17) is 4.84 Å². The number of amides is 2. The fourth-order valence-corrected chi connectivity index (χ4v) is 3.97. The van der Waals surface area contributed by atoms with Crippen molar-refractivity contribution in [3.05, 3.63) is 90.3 Å². The predicted molar refractivity (Wildman–Crippen MR) is 128 cm³/mol. The molecular formula is C26H26N4O4. The van der Waals surface area contributed by atoms with Crippen molar-refractivity contribution in [3.8, 4) is 11.1 Å². The summed E-state index contributed by atoms with van der Waals surface area (Å²) >= 11 is 0. The number of hydrogen-bond donors (Lipinski definition) is 2. The molecule has 8 nitrogen and oxygen atoms in total. The third-order valence-corrected chi connectivity index (χ3v) is 5.74. The zero-order valence-corrected chi connectivity index (χ0v) is 18.8. The van der Waals surface area contributed by atoms with Crippen LogP contribution in [-0.4, -0.2) is 58.8 Å². The quantitative estimate of drug-likeness (QED) is 0.530. The van der Waals surface area contributed by atoms with Gasteiger partial charge in [0.05, 0.1) is 18.4 Å². The largest absolute Gasteiger partial charge is 0.399 e. The average molecular weight is 459 g/mol. The Kier molecular flexibility index (Phi) is 7.29. The smallest absolute Gasteiger partial charge is 0.254 e. The molecule has 174 valence electrons. The molecule has 3 aromatic rings. The van der Waals surface area contributed by atoms with Gasteiger partial charge in [0.1, 0.15) is 13.2 Å². The number of carbonyl (C=O) groups is 2. The maximum atomic E-state index is 13.3. The first kappa shape index (κ1) is 23.1. The highest BCUT2D eigenvalue weighted by Gasteiger charge is 2.38. The molecule has 0 unspecified atom stereocenters. The van der Waals surface area contributed by atoms with Crippen LogP contribution < -0.4 is 5.32 Å². The van der Waals surface area contributed by atoms with Gasteiger partial charge >= 0.3 is 0 Å². The van der Waals surface area contributed by atoms with Crippen LogP contribution in [0.2, 0.25) is 0 Å². The van der Waals surface area contributed by atoms with Crippen LogP contribution in [0.15, 0.2) is 84.3 Å². The Morgan fingerprint density at radius 2 is 1.76 bits per heavy atom. The molecule has 0 radical (unpaired) electrons. The molecule has 2 N–H and O–H groups in total. The predicted octanol–water partition coefficient (Wildman–Crippen LogP) is 2.82. The number of aromatic nitrogens is 1. The van der Waals surface area contributed by atoms with Crippen molar-refractivity contribution in [2.75, 3.05) is 20.2 Å². The van der Waals surface area contributed by atoms with Gasteiger partial charge in [0.15, 0.2) is 0 Å². The van der Waals surface area contributed by atoms with E-state index < -0.39 is 12.1 Å². The van der Waals surface area contributed by atoms with Crippen molar-refractivity contribution >= 4 is 17.5 Å². The second kappa shape index (κ2) is 10.7. The second-order valence-electron chi connectivity index (χ2n) is 7.98. The van der Waals surface area contributed by atoms with Gasteiger partial charge in [-0.05, 0) is 41.0 Å². The summed E-state index contributed by atoms with van der Waals surface area (Å²) in [4.78, 5) is 36.7. The fraction of sp³-hybridized carbons (Fsp3) is 0.231. The Morgan fingerprint density at radius 3 is 2.44 bits per heavy atom. The van der Waals surface area contributed by atoms with Crippen LogP contribution >= 0.6 is 0 Å². The number of aliphatic hydroxyl groups excluding tert-OH is 1. The van der Waals surface area contributed by atoms with E-state index in [2.05, 4.69) is 15.5 Å². The third-order valence-electron chi connectivity index (χ3n) is 5.74. The molecule has 0 spiro atoms. The molecule has 0 bridgehead atoms. The summed E-state index contributed by atoms with van der Waals surface area (Å²) in [6.45, 7) is 0.233. The van der Waals surface area contributed by atoms with Crippen LogP contribution in [0.4, 0.5) is 0 Å². The van der Waals surface area contributed by atoms with E-state index in [0.717, 1.165) is 11.1 Å². The highest BCUT2D eigenvalue weighted by atomic mass is 16.6. The summed E-state index contributed by atoms with van der Waals surface area (Å²) < 4.78 is 0. The molecule has 0 saturated carbocycles. The summed E-state index contributed by atoms with van der Waals surface area (Å²) in [6.07, 6.45) is 2.85. The van der Waals surface area contributed by atoms with E-state index in [1.807, 2.05) is 42.5 Å². The minimum absolute atomic E-state index is 0.0404. The van der Waals surface area contributed by atoms with Crippen LogP contribution in [-0.2, 0) is 9.63 Å². The number of likely N-dealkylation sites (tertiary alicyclic amines) is 1. The van der Waals surface area contributed by atoms with E-state index in [0.29, 0.717) is 16.8 Å². The molecule has 1 fully saturated rings. The van der Waals surface area contributed by atoms with E-state index in [9.17, 15) is 14.7 Å². The Labute approximate surface area is 197 Å². The molecule has 2 amide bonds. The molecule has 34 heavy (non-hydrogen) atoms. The summed E-state index contributed by atoms with van der Waals surface area (Å²) in [5.41, 5.74) is 3.75. The Hall–Kier alpha value is -4.04. The zero-order chi connectivity index (χ0) is 23.9. The zero-order valence-electron chi connectivity index (χ0n) is 18.8. The molecule has 1 saturated heterocycles. The maximum Gasteiger partial charge on any atom is 0.254 e. The molecule has 2 atom stereocenters. The van der Waals surface area contributed by atoms with Crippen molar-refractivity contribution in [1.29, 1.82) is 0 Å². The summed E-state index contributed by atoms with van der Waals surface area (Å²) in [5.74, 6) is -0.621. The third kappa shape index (κ3) is 5.29. The Morgan fingerprint density at radius 1 is 1.09 bits per heavy atom. The fourth-order valence-electron chi connectivity index (χ4n) is 3.97. The number of oxime groups is 1. The SMILES string of the molecule is CO/N=C1/C[C@@H](C(=O)NC[C@H](O)c2ccccc2)N(C(=O)c2ccc(-c3ccncc3)cc2)C1. The van der Waals surface area contributed by atoms with E-state index >= 15 is 0 Å². The van der Waals surface area contributed by atoms with Gasteiger partial charge in [0.25, 0.3) is 5.91 Å². The lowest BCUT2D eigenvalue weighted by molar-refractivity contribution is -0.125. The van der Waals surface area contributed by atoms with Gasteiger partial charge in [-0.25, -0.2) is 0 Å². The van der Waals surface area contributed by atoms with Gasteiger partial charge in [-0.1, -0.05) is 47.6 Å². The Bertz CT molecular complexity index is 1150. The van der Waals surface area contributed by atoms with Crippen molar-refractivity contribution in [1.82, 2.24) is 15.2 Å². The number of pyridine rings is 1. The van der Waals surface area contributed by atoms with E-state index in [1.54, 1.807) is 36.7 Å². The summed E-state index contributed by atoms with van der Waals surface area (Å²) in [5, 5.41) is 17.1. The molecule has 2 aromatic carbocycles. The monoisotopic (exact) mass is 458 g/mol. The lowest BCUT2D eigenvalue weighted by Crippen LogP contribution is -2.46. The van der Waals surface area contributed by atoms with E-state index in [-0.39, 0.29) is 31.3 Å². The minimum Gasteiger partial charge on any atom is -0.399 e. The number of nitrogens with zero attached hydrogens (tertiary/aromatic N) is 3. The topological polar surface area (TPSA) is 104 Å². The number of carbonyl (C=O) groups excluding carboxylic acids is 2. The number of rotatable bonds is 7. The van der Waals surface area contributed by atoms with Crippen LogP contribution in [0.3, 0.4) is 0 Å². The number of nitrogens with one attached hydrogen (secondary N) is 1. The summed E-state index contributed by atoms with van der Waals surface area (Å²) in [6, 6.07) is 19.4. The highest BCUT2D eigenvalue weighted by molar-refractivity contribution is 6.05. The van der Waals surface area contributed by atoms with Gasteiger partial charge in [-0.2, -0.15) is 0 Å². The standard InChI is InChI=1S/C26H26N4O4/c1-34-29-22-15-23(25(32)28-16-24(31)20-5-3-2-4-6-20)30(17-22)26(33)21-9-7-18(8-10-21)19-11-13-27-14-12-19/h2-14,23-24,31H,15-17H2,1H3,(H,28,32)/b29-22-/t23-,24-/m0/s1. The van der Waals surface area contributed by atoms with Crippen molar-refractivity contribution in [3.63, 3.8) is 0 Å². The first-order valence-corrected chi connectivity index (χ1v) is 11.0. The van der Waals surface area contributed by atoms with Crippen molar-refractivity contribution in [2.45, 2.75) is 18.6 Å². The first-order valence-electron chi connectivity index (χ1n) is 11.0. The maximum absolute atomic E-state index is 13.3. The van der Waals surface area contributed by atoms with Crippen molar-refractivity contribution in [2.24, 2.45) is 5.16 Å². The number of benzene rings is 2. The molecular weight excluding hydrogens is 432 g/mol. The van der Waals surface area contributed by atoms with Gasteiger partial charge in [0.2, 0.25) is 5.91 Å². The molecule has 0 aliphatic carbocycles. The Balaban J connectivity index is 1.47. The molecule has 1 aliphatic rings. The van der Waals surface area contributed by atoms with Crippen LogP contribution in [0, 0.1) is 0 Å². The normalized spacial score (nSPS) is 17.4. The molecule has 4 rings (SSSR count). The van der Waals surface area contributed by atoms with Crippen LogP contribution in [0.5, 0.6) is 0 Å². The lowest BCUT2D eigenvalue weighted by atomic mass is 10.0. The highest BCUT2D eigenvalue weighted by Crippen LogP contribution is 2.23. The van der Waals surface area contributed by atoms with Crippen LogP contribution in [0.1, 0.15) is 28.4 Å². The number of hydrogen-bond acceptors (Lipinski definition) is 6. The minimum atomic E-state index is -0.844. The second-order valence-corrected chi connectivity index (χ2v) is 7.98. The van der Waals surface area contributed by atoms with Gasteiger partial charge in [-0.3, -0.25) is 14.6 Å². The molecule has 2 heterocycles. The number of aliphatic hydroxyl groups is 1. The van der Waals surface area contributed by atoms with Crippen LogP contribution in [0.25, 0.3) is 11.1 Å². The summed E-state index contributed by atoms with van der Waals surface area (Å²) in [7, 11) is 1.43. The first-order chi connectivity index (χ1) is 16.6. The van der Waals surface area contributed by atoms with E-state index in [1.165, 1.54) is 12.0 Å². The molecule has 1 aromatic heterocycles. The molecule has 8 heteroatoms. The van der Waals surface area contributed by atoms with Crippen molar-refractivity contribution < 1.29 is 19.5 Å². The van der Waals surface area contributed by atoms with Gasteiger partial charge in [-0.15, -0.1) is 0 Å². The van der Waals surface area contributed by atoms with Gasteiger partial charge < -0.3 is 20.2 Å². The average Bonchev–Trinajstić information content (AvgIpc) is 3.32. The lowest BCUT2D eigenvalue weighted by Gasteiger charge is -2.24.